The van der Waals surface area contributed by atoms with E-state index in [2.05, 4.69) is 15.3 Å². The Hall–Kier alpha value is -1.46. The molecule has 5 nitrogen and oxygen atoms in total. The van der Waals surface area contributed by atoms with Crippen molar-refractivity contribution in [2.45, 2.75) is 37.8 Å². The molecule has 0 atom stereocenters. The Balaban J connectivity index is 1.63. The van der Waals surface area contributed by atoms with Crippen molar-refractivity contribution in [2.75, 3.05) is 6.54 Å². The molecule has 1 aliphatic rings. The maximum atomic E-state index is 10.2. The quantitative estimate of drug-likeness (QED) is 0.848. The lowest BCUT2D eigenvalue weighted by atomic mass is 10.0. The minimum Gasteiger partial charge on any atom is -0.389 e. The highest BCUT2D eigenvalue weighted by atomic mass is 16.3. The number of rotatable bonds is 4. The molecule has 0 aromatic carbocycles. The van der Waals surface area contributed by atoms with Crippen molar-refractivity contribution in [3.8, 4) is 0 Å². The Morgan fingerprint density at radius 3 is 3.00 bits per heavy atom. The van der Waals surface area contributed by atoms with E-state index in [1.165, 1.54) is 0 Å². The molecule has 2 N–H and O–H groups in total. The van der Waals surface area contributed by atoms with Crippen molar-refractivity contribution >= 4 is 5.78 Å². The van der Waals surface area contributed by atoms with Gasteiger partial charge in [-0.2, -0.15) is 0 Å². The number of nitrogens with zero attached hydrogens (tertiary/aromatic N) is 3. The van der Waals surface area contributed by atoms with Crippen molar-refractivity contribution in [3.63, 3.8) is 0 Å². The largest absolute Gasteiger partial charge is 0.389 e. The third-order valence-corrected chi connectivity index (χ3v) is 3.66. The van der Waals surface area contributed by atoms with Crippen LogP contribution in [-0.4, -0.2) is 31.6 Å². The summed E-state index contributed by atoms with van der Waals surface area (Å²) in [5.41, 5.74) is 0.568. The fourth-order valence-electron chi connectivity index (χ4n) is 2.64. The van der Waals surface area contributed by atoms with Crippen LogP contribution in [0.2, 0.25) is 0 Å². The average molecular weight is 246 g/mol. The van der Waals surface area contributed by atoms with Crippen LogP contribution in [-0.2, 0) is 6.54 Å². The molecule has 1 saturated carbocycles. The first-order valence-corrected chi connectivity index (χ1v) is 6.47. The number of imidazole rings is 1. The second-order valence-corrected chi connectivity index (χ2v) is 5.07. The standard InChI is InChI=1S/C13H18N4O/c18-13(4-1-2-5-13)10-14-8-11-9-16-12-15-6-3-7-17(11)12/h3,6-7,9,14,18H,1-2,4-5,8,10H2. The zero-order valence-electron chi connectivity index (χ0n) is 10.3. The van der Waals surface area contributed by atoms with Gasteiger partial charge in [0.25, 0.3) is 0 Å². The summed E-state index contributed by atoms with van der Waals surface area (Å²) in [6.45, 7) is 1.36. The van der Waals surface area contributed by atoms with Gasteiger partial charge in [0.05, 0.1) is 17.5 Å². The summed E-state index contributed by atoms with van der Waals surface area (Å²) in [7, 11) is 0. The molecule has 18 heavy (non-hydrogen) atoms. The molecule has 5 heteroatoms. The highest BCUT2D eigenvalue weighted by molar-refractivity contribution is 5.30. The van der Waals surface area contributed by atoms with Crippen molar-refractivity contribution in [2.24, 2.45) is 0 Å². The molecule has 2 aromatic heterocycles. The molecule has 0 saturated heterocycles. The van der Waals surface area contributed by atoms with Crippen LogP contribution in [0.25, 0.3) is 5.78 Å². The second-order valence-electron chi connectivity index (χ2n) is 5.07. The molecule has 0 bridgehead atoms. The molecular weight excluding hydrogens is 228 g/mol. The Kier molecular flexibility index (Phi) is 3.01. The van der Waals surface area contributed by atoms with Crippen LogP contribution in [0.5, 0.6) is 0 Å². The Morgan fingerprint density at radius 1 is 1.33 bits per heavy atom. The Bertz CT molecular complexity index is 531. The predicted molar refractivity (Wildman–Crippen MR) is 68.1 cm³/mol. The van der Waals surface area contributed by atoms with Crippen LogP contribution in [0.3, 0.4) is 0 Å². The summed E-state index contributed by atoms with van der Waals surface area (Å²) >= 11 is 0. The van der Waals surface area contributed by atoms with Crippen molar-refractivity contribution in [1.82, 2.24) is 19.7 Å². The van der Waals surface area contributed by atoms with Gasteiger partial charge in [-0.1, -0.05) is 12.8 Å². The molecule has 0 radical (unpaired) electrons. The molecule has 1 fully saturated rings. The van der Waals surface area contributed by atoms with E-state index in [0.29, 0.717) is 18.9 Å². The van der Waals surface area contributed by atoms with Crippen molar-refractivity contribution in [3.05, 3.63) is 30.4 Å². The molecule has 0 unspecified atom stereocenters. The molecular formula is C13H18N4O. The van der Waals surface area contributed by atoms with Gasteiger partial charge in [0.1, 0.15) is 0 Å². The zero-order valence-corrected chi connectivity index (χ0v) is 10.3. The maximum absolute atomic E-state index is 10.2. The van der Waals surface area contributed by atoms with Crippen molar-refractivity contribution < 1.29 is 5.11 Å². The van der Waals surface area contributed by atoms with Crippen LogP contribution in [0.15, 0.2) is 24.7 Å². The summed E-state index contributed by atoms with van der Waals surface area (Å²) in [6.07, 6.45) is 9.62. The third-order valence-electron chi connectivity index (χ3n) is 3.66. The number of hydrogen-bond acceptors (Lipinski definition) is 4. The Morgan fingerprint density at radius 2 is 2.17 bits per heavy atom. The van der Waals surface area contributed by atoms with Crippen molar-refractivity contribution in [1.29, 1.82) is 0 Å². The Labute approximate surface area is 106 Å². The van der Waals surface area contributed by atoms with Gasteiger partial charge in [-0.25, -0.2) is 9.97 Å². The topological polar surface area (TPSA) is 62.5 Å². The number of nitrogens with one attached hydrogen (secondary N) is 1. The molecule has 3 rings (SSSR count). The molecule has 0 amide bonds. The van der Waals surface area contributed by atoms with Gasteiger partial charge in [0.15, 0.2) is 0 Å². The lowest BCUT2D eigenvalue weighted by molar-refractivity contribution is 0.0474. The number of aromatic nitrogens is 3. The van der Waals surface area contributed by atoms with Gasteiger partial charge in [0, 0.05) is 25.5 Å². The minimum absolute atomic E-state index is 0.501. The first-order chi connectivity index (χ1) is 8.77. The number of aliphatic hydroxyl groups is 1. The van der Waals surface area contributed by atoms with E-state index < -0.39 is 5.60 Å². The SMILES string of the molecule is OC1(CNCc2cnc3ncccn23)CCCC1. The van der Waals surface area contributed by atoms with E-state index in [1.54, 1.807) is 6.20 Å². The molecule has 2 aromatic rings. The molecule has 0 spiro atoms. The van der Waals surface area contributed by atoms with E-state index >= 15 is 0 Å². The minimum atomic E-state index is -0.501. The van der Waals surface area contributed by atoms with E-state index in [0.717, 1.165) is 31.4 Å². The van der Waals surface area contributed by atoms with Gasteiger partial charge in [0.2, 0.25) is 5.78 Å². The fourth-order valence-corrected chi connectivity index (χ4v) is 2.64. The summed E-state index contributed by atoms with van der Waals surface area (Å²) in [5, 5.41) is 13.6. The summed E-state index contributed by atoms with van der Waals surface area (Å²) in [4.78, 5) is 8.41. The first kappa shape index (κ1) is 11.6. The van der Waals surface area contributed by atoms with Gasteiger partial charge in [-0.05, 0) is 18.9 Å². The molecule has 1 aliphatic carbocycles. The van der Waals surface area contributed by atoms with Gasteiger partial charge < -0.3 is 10.4 Å². The van der Waals surface area contributed by atoms with E-state index in [-0.39, 0.29) is 0 Å². The first-order valence-electron chi connectivity index (χ1n) is 6.47. The predicted octanol–water partition coefficient (Wildman–Crippen LogP) is 1.12. The highest BCUT2D eigenvalue weighted by Gasteiger charge is 2.30. The van der Waals surface area contributed by atoms with Crippen LogP contribution >= 0.6 is 0 Å². The zero-order chi connectivity index (χ0) is 12.4. The van der Waals surface area contributed by atoms with Gasteiger partial charge in [-0.15, -0.1) is 0 Å². The van der Waals surface area contributed by atoms with Crippen LogP contribution in [0, 0.1) is 0 Å². The molecule has 2 heterocycles. The van der Waals surface area contributed by atoms with Crippen LogP contribution < -0.4 is 5.32 Å². The smallest absolute Gasteiger partial charge is 0.233 e. The lowest BCUT2D eigenvalue weighted by Crippen LogP contribution is -2.37. The van der Waals surface area contributed by atoms with Crippen LogP contribution in [0.4, 0.5) is 0 Å². The average Bonchev–Trinajstić information content (AvgIpc) is 2.97. The summed E-state index contributed by atoms with van der Waals surface area (Å²) in [6, 6.07) is 1.89. The highest BCUT2D eigenvalue weighted by Crippen LogP contribution is 2.28. The number of fused-ring (bicyclic) bond motifs is 1. The van der Waals surface area contributed by atoms with Gasteiger partial charge in [-0.3, -0.25) is 4.40 Å². The summed E-state index contributed by atoms with van der Waals surface area (Å²) < 4.78 is 1.96. The molecule has 0 aliphatic heterocycles. The third kappa shape index (κ3) is 2.23. The van der Waals surface area contributed by atoms with E-state index in [9.17, 15) is 5.11 Å². The molecule has 96 valence electrons. The lowest BCUT2D eigenvalue weighted by Gasteiger charge is -2.22. The maximum Gasteiger partial charge on any atom is 0.233 e. The van der Waals surface area contributed by atoms with E-state index in [4.69, 9.17) is 0 Å². The van der Waals surface area contributed by atoms with E-state index in [1.807, 2.05) is 22.9 Å². The summed E-state index contributed by atoms with van der Waals surface area (Å²) in [5.74, 6) is 0.717. The fraction of sp³-hybridized carbons (Fsp3) is 0.538. The van der Waals surface area contributed by atoms with Gasteiger partial charge >= 0.3 is 0 Å². The number of hydrogen-bond donors (Lipinski definition) is 2. The van der Waals surface area contributed by atoms with Crippen LogP contribution in [0.1, 0.15) is 31.4 Å². The normalized spacial score (nSPS) is 18.5. The monoisotopic (exact) mass is 246 g/mol. The second kappa shape index (κ2) is 4.66.